The van der Waals surface area contributed by atoms with Gasteiger partial charge in [-0.15, -0.1) is 0 Å². The molecule has 0 aliphatic rings. The minimum atomic E-state index is -3.12. The molecular formula is C15H22N4O3S. The van der Waals surface area contributed by atoms with Crippen LogP contribution in [0.4, 0.5) is 4.79 Å². The number of para-hydroxylation sites is 2. The molecule has 2 unspecified atom stereocenters. The molecule has 7 nitrogen and oxygen atoms in total. The van der Waals surface area contributed by atoms with Crippen LogP contribution in [0.15, 0.2) is 24.3 Å². The Hall–Kier alpha value is -2.09. The summed E-state index contributed by atoms with van der Waals surface area (Å²) in [5.74, 6) is 0.640. The van der Waals surface area contributed by atoms with Gasteiger partial charge in [0.2, 0.25) is 0 Å². The molecule has 0 saturated carbocycles. The molecule has 1 aromatic heterocycles. The second kappa shape index (κ2) is 6.99. The molecule has 0 radical (unpaired) electrons. The zero-order valence-electron chi connectivity index (χ0n) is 13.5. The molecule has 2 rings (SSSR count). The summed E-state index contributed by atoms with van der Waals surface area (Å²) >= 11 is 0. The first-order valence-electron chi connectivity index (χ1n) is 7.53. The summed E-state index contributed by atoms with van der Waals surface area (Å²) in [6.45, 7) is 5.06. The highest BCUT2D eigenvalue weighted by Crippen LogP contribution is 2.15. The van der Waals surface area contributed by atoms with E-state index in [-0.39, 0.29) is 17.5 Å². The number of imidazole rings is 1. The fourth-order valence-electron chi connectivity index (χ4n) is 2.25. The van der Waals surface area contributed by atoms with Gasteiger partial charge in [0.05, 0.1) is 22.8 Å². The SMILES string of the molecule is CCS(=O)(=O)CC(C)NC(=O)NC(C)c1nc2ccccc2[nH]1. The van der Waals surface area contributed by atoms with Crippen LogP contribution in [-0.4, -0.2) is 42.0 Å². The van der Waals surface area contributed by atoms with Gasteiger partial charge < -0.3 is 15.6 Å². The standard InChI is InChI=1S/C15H22N4O3S/c1-4-23(21,22)9-10(2)16-15(20)17-11(3)14-18-12-7-5-6-8-13(12)19-14/h5-8,10-11H,4,9H2,1-3H3,(H,18,19)(H2,16,17,20). The van der Waals surface area contributed by atoms with Gasteiger partial charge in [0, 0.05) is 11.8 Å². The monoisotopic (exact) mass is 338 g/mol. The molecule has 3 N–H and O–H groups in total. The third-order valence-electron chi connectivity index (χ3n) is 3.49. The van der Waals surface area contributed by atoms with E-state index in [1.54, 1.807) is 13.8 Å². The van der Waals surface area contributed by atoms with Crippen molar-refractivity contribution in [2.75, 3.05) is 11.5 Å². The number of aromatic nitrogens is 2. The zero-order chi connectivity index (χ0) is 17.0. The smallest absolute Gasteiger partial charge is 0.315 e. The number of H-pyrrole nitrogens is 1. The van der Waals surface area contributed by atoms with E-state index >= 15 is 0 Å². The Morgan fingerprint density at radius 3 is 2.61 bits per heavy atom. The molecule has 0 bridgehead atoms. The van der Waals surface area contributed by atoms with Crippen molar-refractivity contribution in [2.45, 2.75) is 32.9 Å². The number of urea groups is 1. The normalized spacial score (nSPS) is 14.4. The highest BCUT2D eigenvalue weighted by molar-refractivity contribution is 7.91. The number of rotatable bonds is 6. The van der Waals surface area contributed by atoms with E-state index in [0.29, 0.717) is 5.82 Å². The summed E-state index contributed by atoms with van der Waals surface area (Å²) in [4.78, 5) is 19.5. The van der Waals surface area contributed by atoms with E-state index in [2.05, 4.69) is 20.6 Å². The predicted molar refractivity (Wildman–Crippen MR) is 90.0 cm³/mol. The number of fused-ring (bicyclic) bond motifs is 1. The van der Waals surface area contributed by atoms with Gasteiger partial charge in [-0.05, 0) is 26.0 Å². The van der Waals surface area contributed by atoms with Crippen molar-refractivity contribution in [3.05, 3.63) is 30.1 Å². The Labute approximate surface area is 135 Å². The van der Waals surface area contributed by atoms with Crippen LogP contribution < -0.4 is 10.6 Å². The lowest BCUT2D eigenvalue weighted by Crippen LogP contribution is -2.44. The average Bonchev–Trinajstić information content (AvgIpc) is 2.90. The first-order valence-corrected chi connectivity index (χ1v) is 9.35. The van der Waals surface area contributed by atoms with E-state index in [1.807, 2.05) is 31.2 Å². The first kappa shape index (κ1) is 17.3. The van der Waals surface area contributed by atoms with Crippen molar-refractivity contribution < 1.29 is 13.2 Å². The van der Waals surface area contributed by atoms with Crippen LogP contribution in [-0.2, 0) is 9.84 Å². The number of hydrogen-bond acceptors (Lipinski definition) is 4. The zero-order valence-corrected chi connectivity index (χ0v) is 14.3. The number of carbonyl (C=O) groups excluding carboxylic acids is 1. The lowest BCUT2D eigenvalue weighted by atomic mass is 10.3. The minimum absolute atomic E-state index is 0.0655. The van der Waals surface area contributed by atoms with E-state index in [0.717, 1.165) is 11.0 Å². The Kier molecular flexibility index (Phi) is 5.25. The number of nitrogens with one attached hydrogen (secondary N) is 3. The van der Waals surface area contributed by atoms with Crippen molar-refractivity contribution in [1.82, 2.24) is 20.6 Å². The van der Waals surface area contributed by atoms with Gasteiger partial charge in [-0.1, -0.05) is 19.1 Å². The molecule has 0 aliphatic heterocycles. The maximum absolute atomic E-state index is 12.0. The van der Waals surface area contributed by atoms with Crippen LogP contribution in [0, 0.1) is 0 Å². The third kappa shape index (κ3) is 4.69. The van der Waals surface area contributed by atoms with Crippen LogP contribution in [0.3, 0.4) is 0 Å². The number of amides is 2. The number of nitrogens with zero attached hydrogens (tertiary/aromatic N) is 1. The Bertz CT molecular complexity index is 752. The van der Waals surface area contributed by atoms with E-state index in [1.165, 1.54) is 0 Å². The molecule has 0 aliphatic carbocycles. The van der Waals surface area contributed by atoms with Gasteiger partial charge in [-0.25, -0.2) is 18.2 Å². The summed E-state index contributed by atoms with van der Waals surface area (Å²) in [6, 6.07) is 6.41. The lowest BCUT2D eigenvalue weighted by molar-refractivity contribution is 0.235. The maximum Gasteiger partial charge on any atom is 0.315 e. The number of carbonyl (C=O) groups is 1. The highest BCUT2D eigenvalue weighted by atomic mass is 32.2. The highest BCUT2D eigenvalue weighted by Gasteiger charge is 2.18. The van der Waals surface area contributed by atoms with Crippen LogP contribution in [0.25, 0.3) is 11.0 Å². The predicted octanol–water partition coefficient (Wildman–Crippen LogP) is 1.75. The van der Waals surface area contributed by atoms with Gasteiger partial charge in [-0.2, -0.15) is 0 Å². The summed E-state index contributed by atoms with van der Waals surface area (Å²) in [5.41, 5.74) is 1.73. The van der Waals surface area contributed by atoms with Crippen molar-refractivity contribution >= 4 is 26.9 Å². The molecule has 0 fully saturated rings. The first-order chi connectivity index (χ1) is 10.8. The quantitative estimate of drug-likeness (QED) is 0.746. The molecule has 23 heavy (non-hydrogen) atoms. The van der Waals surface area contributed by atoms with Crippen molar-refractivity contribution in [1.29, 1.82) is 0 Å². The number of aromatic amines is 1. The van der Waals surface area contributed by atoms with Crippen molar-refractivity contribution in [3.8, 4) is 0 Å². The van der Waals surface area contributed by atoms with Gasteiger partial charge in [-0.3, -0.25) is 0 Å². The summed E-state index contributed by atoms with van der Waals surface area (Å²) < 4.78 is 23.1. The Morgan fingerprint density at radius 2 is 1.96 bits per heavy atom. The molecular weight excluding hydrogens is 316 g/mol. The number of benzene rings is 1. The van der Waals surface area contributed by atoms with E-state index < -0.39 is 21.9 Å². The van der Waals surface area contributed by atoms with Gasteiger partial charge in [0.25, 0.3) is 0 Å². The molecule has 2 atom stereocenters. The van der Waals surface area contributed by atoms with Crippen LogP contribution in [0.1, 0.15) is 32.6 Å². The summed E-state index contributed by atoms with van der Waals surface area (Å²) in [5, 5.41) is 5.39. The van der Waals surface area contributed by atoms with Crippen molar-refractivity contribution in [2.24, 2.45) is 0 Å². The second-order valence-corrected chi connectivity index (χ2v) is 7.98. The Balaban J connectivity index is 1.94. The molecule has 8 heteroatoms. The fraction of sp³-hybridized carbons (Fsp3) is 0.467. The second-order valence-electron chi connectivity index (χ2n) is 5.58. The number of hydrogen-bond donors (Lipinski definition) is 3. The molecule has 0 spiro atoms. The molecule has 0 saturated heterocycles. The van der Waals surface area contributed by atoms with Crippen LogP contribution >= 0.6 is 0 Å². The molecule has 2 amide bonds. The van der Waals surface area contributed by atoms with Crippen LogP contribution in [0.5, 0.6) is 0 Å². The summed E-state index contributed by atoms with van der Waals surface area (Å²) in [6.07, 6.45) is 0. The topological polar surface area (TPSA) is 104 Å². The Morgan fingerprint density at radius 1 is 1.26 bits per heavy atom. The maximum atomic E-state index is 12.0. The van der Waals surface area contributed by atoms with Crippen molar-refractivity contribution in [3.63, 3.8) is 0 Å². The molecule has 2 aromatic rings. The molecule has 1 aromatic carbocycles. The van der Waals surface area contributed by atoms with Crippen LogP contribution in [0.2, 0.25) is 0 Å². The van der Waals surface area contributed by atoms with E-state index in [4.69, 9.17) is 0 Å². The van der Waals surface area contributed by atoms with Gasteiger partial charge in [0.1, 0.15) is 5.82 Å². The van der Waals surface area contributed by atoms with Gasteiger partial charge >= 0.3 is 6.03 Å². The summed E-state index contributed by atoms with van der Waals surface area (Å²) in [7, 11) is -3.12. The lowest BCUT2D eigenvalue weighted by Gasteiger charge is -2.17. The minimum Gasteiger partial charge on any atom is -0.340 e. The average molecular weight is 338 g/mol. The third-order valence-corrected chi connectivity index (χ3v) is 5.37. The fourth-order valence-corrected chi connectivity index (χ4v) is 3.33. The van der Waals surface area contributed by atoms with E-state index in [9.17, 15) is 13.2 Å². The molecule has 1 heterocycles. The van der Waals surface area contributed by atoms with Gasteiger partial charge in [0.15, 0.2) is 9.84 Å². The number of sulfone groups is 1. The largest absolute Gasteiger partial charge is 0.340 e. The molecule has 126 valence electrons.